The van der Waals surface area contributed by atoms with Crippen LogP contribution >= 0.6 is 0 Å². The fraction of sp³-hybridized carbons (Fsp3) is 0.545. The molecule has 22 heavy (non-hydrogen) atoms. The highest BCUT2D eigenvalue weighted by Crippen LogP contribution is 2.41. The third-order valence-corrected chi connectivity index (χ3v) is 3.52. The SMILES string of the molecule is Nc1ncc(CC2(C(=O)O)C[C@@H](C(F)(F)F)CNC2=O)nn1. The summed E-state index contributed by atoms with van der Waals surface area (Å²) in [4.78, 5) is 27.0. The molecule has 1 aliphatic heterocycles. The van der Waals surface area contributed by atoms with E-state index in [0.717, 1.165) is 6.20 Å². The Morgan fingerprint density at radius 3 is 2.68 bits per heavy atom. The van der Waals surface area contributed by atoms with Crippen LogP contribution in [0.1, 0.15) is 12.1 Å². The van der Waals surface area contributed by atoms with Crippen molar-refractivity contribution in [1.29, 1.82) is 0 Å². The molecule has 2 rings (SSSR count). The van der Waals surface area contributed by atoms with E-state index in [9.17, 15) is 27.9 Å². The molecule has 1 fully saturated rings. The second-order valence-corrected chi connectivity index (χ2v) is 5.02. The van der Waals surface area contributed by atoms with E-state index in [0.29, 0.717) is 0 Å². The molecule has 8 nitrogen and oxygen atoms in total. The first-order chi connectivity index (χ1) is 10.1. The Morgan fingerprint density at radius 2 is 2.18 bits per heavy atom. The van der Waals surface area contributed by atoms with Gasteiger partial charge in [0.25, 0.3) is 0 Å². The summed E-state index contributed by atoms with van der Waals surface area (Å²) < 4.78 is 38.6. The molecule has 0 bridgehead atoms. The van der Waals surface area contributed by atoms with E-state index >= 15 is 0 Å². The molecule has 0 aromatic carbocycles. The second kappa shape index (κ2) is 5.39. The number of aliphatic carboxylic acids is 1. The Kier molecular flexibility index (Phi) is 3.90. The predicted molar refractivity (Wildman–Crippen MR) is 65.2 cm³/mol. The third kappa shape index (κ3) is 2.92. The number of carbonyl (C=O) groups excluding carboxylic acids is 1. The smallest absolute Gasteiger partial charge is 0.393 e. The number of rotatable bonds is 3. The largest absolute Gasteiger partial charge is 0.480 e. The van der Waals surface area contributed by atoms with Gasteiger partial charge in [0.05, 0.1) is 17.8 Å². The van der Waals surface area contributed by atoms with E-state index in [1.54, 1.807) is 0 Å². The van der Waals surface area contributed by atoms with Gasteiger partial charge in [0.1, 0.15) is 0 Å². The quantitative estimate of drug-likeness (QED) is 0.655. The second-order valence-electron chi connectivity index (χ2n) is 5.02. The zero-order valence-electron chi connectivity index (χ0n) is 11.1. The van der Waals surface area contributed by atoms with Crippen molar-refractivity contribution in [3.8, 4) is 0 Å². The van der Waals surface area contributed by atoms with Crippen LogP contribution in [0.25, 0.3) is 0 Å². The maximum atomic E-state index is 12.9. The van der Waals surface area contributed by atoms with Gasteiger partial charge in [-0.2, -0.15) is 18.3 Å². The fourth-order valence-corrected chi connectivity index (χ4v) is 2.31. The van der Waals surface area contributed by atoms with Gasteiger partial charge in [-0.05, 0) is 6.42 Å². The third-order valence-electron chi connectivity index (χ3n) is 3.52. The molecule has 0 aliphatic carbocycles. The van der Waals surface area contributed by atoms with Crippen molar-refractivity contribution in [1.82, 2.24) is 20.5 Å². The van der Waals surface area contributed by atoms with E-state index in [-0.39, 0.29) is 11.6 Å². The Morgan fingerprint density at radius 1 is 1.50 bits per heavy atom. The average Bonchev–Trinajstić information content (AvgIpc) is 2.42. The molecule has 1 aliphatic rings. The molecule has 0 saturated carbocycles. The Hall–Kier alpha value is -2.46. The van der Waals surface area contributed by atoms with Crippen molar-refractivity contribution in [2.45, 2.75) is 19.0 Å². The first-order valence-corrected chi connectivity index (χ1v) is 6.17. The number of carboxylic acid groups (broad SMARTS) is 1. The monoisotopic (exact) mass is 319 g/mol. The Labute approximate surface area is 121 Å². The van der Waals surface area contributed by atoms with E-state index in [2.05, 4.69) is 15.2 Å². The molecule has 1 unspecified atom stereocenters. The lowest BCUT2D eigenvalue weighted by Gasteiger charge is -2.37. The van der Waals surface area contributed by atoms with Gasteiger partial charge in [-0.25, -0.2) is 4.98 Å². The number of anilines is 1. The average molecular weight is 319 g/mol. The van der Waals surface area contributed by atoms with Crippen molar-refractivity contribution in [3.63, 3.8) is 0 Å². The number of piperidine rings is 1. The predicted octanol–water partition coefficient (Wildman–Crippen LogP) is -0.234. The van der Waals surface area contributed by atoms with Crippen molar-refractivity contribution in [2.24, 2.45) is 11.3 Å². The molecular weight excluding hydrogens is 307 g/mol. The molecule has 1 saturated heterocycles. The number of nitrogens with two attached hydrogens (primary N) is 1. The minimum Gasteiger partial charge on any atom is -0.480 e. The molecule has 1 aromatic heterocycles. The molecule has 2 heterocycles. The normalized spacial score (nSPS) is 25.6. The lowest BCUT2D eigenvalue weighted by Crippen LogP contribution is -2.57. The number of aromatic nitrogens is 3. The summed E-state index contributed by atoms with van der Waals surface area (Å²) in [5, 5.41) is 18.3. The molecule has 4 N–H and O–H groups in total. The molecule has 2 atom stereocenters. The van der Waals surface area contributed by atoms with Crippen LogP contribution in [0.4, 0.5) is 19.1 Å². The Balaban J connectivity index is 2.35. The van der Waals surface area contributed by atoms with Crippen molar-refractivity contribution >= 4 is 17.8 Å². The summed E-state index contributed by atoms with van der Waals surface area (Å²) in [5.74, 6) is -4.76. The molecule has 0 radical (unpaired) electrons. The van der Waals surface area contributed by atoms with Crippen LogP contribution in [-0.4, -0.2) is 44.9 Å². The number of amides is 1. The summed E-state index contributed by atoms with van der Waals surface area (Å²) in [7, 11) is 0. The molecule has 0 spiro atoms. The van der Waals surface area contributed by atoms with E-state index < -0.39 is 48.8 Å². The van der Waals surface area contributed by atoms with Gasteiger partial charge >= 0.3 is 12.1 Å². The van der Waals surface area contributed by atoms with Crippen LogP contribution in [0.5, 0.6) is 0 Å². The highest BCUT2D eigenvalue weighted by atomic mass is 19.4. The van der Waals surface area contributed by atoms with Gasteiger partial charge in [-0.15, -0.1) is 5.10 Å². The number of nitrogens with one attached hydrogen (secondary N) is 1. The molecular formula is C11H12F3N5O3. The van der Waals surface area contributed by atoms with Gasteiger partial charge in [0, 0.05) is 13.0 Å². The summed E-state index contributed by atoms with van der Waals surface area (Å²) in [5.41, 5.74) is 2.92. The first kappa shape index (κ1) is 15.9. The topological polar surface area (TPSA) is 131 Å². The van der Waals surface area contributed by atoms with E-state index in [4.69, 9.17) is 5.73 Å². The maximum absolute atomic E-state index is 12.9. The van der Waals surface area contributed by atoms with Crippen LogP contribution in [0.15, 0.2) is 6.20 Å². The van der Waals surface area contributed by atoms with E-state index in [1.165, 1.54) is 0 Å². The molecule has 1 amide bonds. The zero-order valence-corrected chi connectivity index (χ0v) is 11.1. The Bertz CT molecular complexity index is 592. The van der Waals surface area contributed by atoms with Crippen LogP contribution in [0.3, 0.4) is 0 Å². The molecule has 120 valence electrons. The molecule has 11 heteroatoms. The van der Waals surface area contributed by atoms with Gasteiger partial charge in [-0.3, -0.25) is 9.59 Å². The lowest BCUT2D eigenvalue weighted by molar-refractivity contribution is -0.194. The number of carbonyl (C=O) groups is 2. The van der Waals surface area contributed by atoms with Gasteiger partial charge in [0.2, 0.25) is 11.9 Å². The number of hydrogen-bond acceptors (Lipinski definition) is 6. The molecule has 1 aromatic rings. The summed E-state index contributed by atoms with van der Waals surface area (Å²) >= 11 is 0. The lowest BCUT2D eigenvalue weighted by atomic mass is 9.72. The summed E-state index contributed by atoms with van der Waals surface area (Å²) in [6.07, 6.45) is -4.96. The highest BCUT2D eigenvalue weighted by molar-refractivity contribution is 6.02. The highest BCUT2D eigenvalue weighted by Gasteiger charge is 2.56. The van der Waals surface area contributed by atoms with Gasteiger partial charge < -0.3 is 16.2 Å². The van der Waals surface area contributed by atoms with Crippen LogP contribution in [-0.2, 0) is 16.0 Å². The number of hydrogen-bond donors (Lipinski definition) is 3. The van der Waals surface area contributed by atoms with Gasteiger partial charge in [-0.1, -0.05) is 0 Å². The number of nitrogen functional groups attached to an aromatic ring is 1. The van der Waals surface area contributed by atoms with Crippen LogP contribution in [0.2, 0.25) is 0 Å². The fourth-order valence-electron chi connectivity index (χ4n) is 2.31. The van der Waals surface area contributed by atoms with Crippen molar-refractivity contribution in [2.75, 3.05) is 12.3 Å². The zero-order chi connectivity index (χ0) is 16.5. The first-order valence-electron chi connectivity index (χ1n) is 6.17. The maximum Gasteiger partial charge on any atom is 0.393 e. The van der Waals surface area contributed by atoms with Crippen molar-refractivity contribution < 1.29 is 27.9 Å². The van der Waals surface area contributed by atoms with Gasteiger partial charge in [0.15, 0.2) is 5.41 Å². The summed E-state index contributed by atoms with van der Waals surface area (Å²) in [6.45, 7) is -0.650. The summed E-state index contributed by atoms with van der Waals surface area (Å²) in [6, 6.07) is 0. The van der Waals surface area contributed by atoms with Crippen LogP contribution < -0.4 is 11.1 Å². The number of carboxylic acids is 1. The van der Waals surface area contributed by atoms with Crippen LogP contribution in [0, 0.1) is 11.3 Å². The van der Waals surface area contributed by atoms with Crippen molar-refractivity contribution in [3.05, 3.63) is 11.9 Å². The minimum absolute atomic E-state index is 0.0328. The number of nitrogens with zero attached hydrogens (tertiary/aromatic N) is 3. The minimum atomic E-state index is -4.61. The number of alkyl halides is 3. The standard InChI is InChI=1S/C11H12F3N5O3/c12-11(13,14)5-1-10(8(21)22,7(20)16-3-5)2-6-4-17-9(15)19-18-6/h4-5H,1-3H2,(H,16,20)(H,21,22)(H2,15,17,19)/t5-,10?/m1/s1. The van der Waals surface area contributed by atoms with E-state index in [1.807, 2.05) is 5.32 Å². The number of halogens is 3.